The first-order valence-corrected chi connectivity index (χ1v) is 6.25. The fraction of sp³-hybridized carbons (Fsp3) is 0.200. The van der Waals surface area contributed by atoms with Crippen LogP contribution in [0, 0.1) is 6.92 Å². The quantitative estimate of drug-likeness (QED) is 0.599. The van der Waals surface area contributed by atoms with Crippen LogP contribution in [0.25, 0.3) is 22.3 Å². The van der Waals surface area contributed by atoms with E-state index in [9.17, 15) is 0 Å². The number of hydrogen-bond donors (Lipinski definition) is 0. The second kappa shape index (κ2) is 3.42. The smallest absolute Gasteiger partial charge is 0.0925 e. The summed E-state index contributed by atoms with van der Waals surface area (Å²) in [6.45, 7) is 3.16. The fourth-order valence-corrected chi connectivity index (χ4v) is 2.86. The standard InChI is InChI=1S/C15H13N3/c1-10-11-4-2-3-5-13(11)17-15-12(10)7-9-18-14(15)6-8-16-18/h2-6,8H,7,9H2,1H3. The predicted octanol–water partition coefficient (Wildman–Crippen LogP) is 2.96. The summed E-state index contributed by atoms with van der Waals surface area (Å²) in [5.74, 6) is 0. The van der Waals surface area contributed by atoms with Crippen molar-refractivity contribution in [1.29, 1.82) is 0 Å². The van der Waals surface area contributed by atoms with Crippen LogP contribution in [0.4, 0.5) is 0 Å². The van der Waals surface area contributed by atoms with Crippen molar-refractivity contribution >= 4 is 10.9 Å². The molecule has 0 radical (unpaired) electrons. The number of para-hydroxylation sites is 1. The first-order valence-electron chi connectivity index (χ1n) is 6.25. The van der Waals surface area contributed by atoms with Gasteiger partial charge < -0.3 is 0 Å². The second-order valence-corrected chi connectivity index (χ2v) is 4.77. The molecule has 88 valence electrons. The van der Waals surface area contributed by atoms with Crippen molar-refractivity contribution in [2.24, 2.45) is 0 Å². The lowest BCUT2D eigenvalue weighted by Gasteiger charge is -2.20. The number of aryl methyl sites for hydroxylation is 2. The molecule has 0 saturated carbocycles. The molecule has 3 heteroatoms. The SMILES string of the molecule is Cc1c2c(nc3ccccc13)-c1ccnn1CC2. The van der Waals surface area contributed by atoms with Crippen LogP contribution in [0.15, 0.2) is 36.5 Å². The lowest BCUT2D eigenvalue weighted by Crippen LogP contribution is -2.14. The van der Waals surface area contributed by atoms with E-state index in [1.807, 2.05) is 16.9 Å². The van der Waals surface area contributed by atoms with E-state index in [1.54, 1.807) is 0 Å². The highest BCUT2D eigenvalue weighted by Gasteiger charge is 2.20. The molecule has 0 spiro atoms. The van der Waals surface area contributed by atoms with Crippen molar-refractivity contribution in [2.75, 3.05) is 0 Å². The largest absolute Gasteiger partial charge is 0.263 e. The van der Waals surface area contributed by atoms with Crippen molar-refractivity contribution in [2.45, 2.75) is 19.9 Å². The summed E-state index contributed by atoms with van der Waals surface area (Å²) < 4.78 is 2.05. The molecule has 0 unspecified atom stereocenters. The van der Waals surface area contributed by atoms with Crippen molar-refractivity contribution in [3.8, 4) is 11.4 Å². The third kappa shape index (κ3) is 1.19. The Morgan fingerprint density at radius 2 is 2.06 bits per heavy atom. The monoisotopic (exact) mass is 235 g/mol. The van der Waals surface area contributed by atoms with E-state index >= 15 is 0 Å². The first-order chi connectivity index (χ1) is 8.84. The van der Waals surface area contributed by atoms with Crippen LogP contribution < -0.4 is 0 Å². The minimum absolute atomic E-state index is 0.955. The van der Waals surface area contributed by atoms with Gasteiger partial charge in [-0.2, -0.15) is 5.10 Å². The molecule has 3 nitrogen and oxygen atoms in total. The normalized spacial score (nSPS) is 13.4. The van der Waals surface area contributed by atoms with Gasteiger partial charge in [0.1, 0.15) is 0 Å². The van der Waals surface area contributed by atoms with Gasteiger partial charge in [0.25, 0.3) is 0 Å². The van der Waals surface area contributed by atoms with Crippen LogP contribution in [0.3, 0.4) is 0 Å². The Kier molecular flexibility index (Phi) is 1.87. The molecule has 1 aromatic carbocycles. The van der Waals surface area contributed by atoms with E-state index in [-0.39, 0.29) is 0 Å². The fourth-order valence-electron chi connectivity index (χ4n) is 2.86. The van der Waals surface area contributed by atoms with Crippen LogP contribution in [0.5, 0.6) is 0 Å². The third-order valence-electron chi connectivity index (χ3n) is 3.81. The number of pyridine rings is 1. The van der Waals surface area contributed by atoms with Gasteiger partial charge in [-0.05, 0) is 36.6 Å². The zero-order chi connectivity index (χ0) is 12.1. The molecule has 0 amide bonds. The topological polar surface area (TPSA) is 30.7 Å². The summed E-state index contributed by atoms with van der Waals surface area (Å²) in [6, 6.07) is 10.4. The van der Waals surface area contributed by atoms with E-state index < -0.39 is 0 Å². The van der Waals surface area contributed by atoms with E-state index in [0.717, 1.165) is 29.9 Å². The summed E-state index contributed by atoms with van der Waals surface area (Å²) in [5, 5.41) is 5.61. The Labute approximate surface area is 105 Å². The summed E-state index contributed by atoms with van der Waals surface area (Å²) in [7, 11) is 0. The van der Waals surface area contributed by atoms with Crippen molar-refractivity contribution < 1.29 is 0 Å². The summed E-state index contributed by atoms with van der Waals surface area (Å²) in [6.07, 6.45) is 2.88. The Morgan fingerprint density at radius 3 is 3.00 bits per heavy atom. The molecule has 3 heterocycles. The Hall–Kier alpha value is -2.16. The molecule has 2 aromatic heterocycles. The highest BCUT2D eigenvalue weighted by molar-refractivity contribution is 5.86. The number of rotatable bonds is 0. The van der Waals surface area contributed by atoms with Gasteiger partial charge >= 0.3 is 0 Å². The number of fused-ring (bicyclic) bond motifs is 4. The van der Waals surface area contributed by atoms with Crippen LogP contribution in [-0.4, -0.2) is 14.8 Å². The molecule has 0 N–H and O–H groups in total. The van der Waals surface area contributed by atoms with Gasteiger partial charge in [-0.25, -0.2) is 4.98 Å². The summed E-state index contributed by atoms with van der Waals surface area (Å²) >= 11 is 0. The molecule has 1 aliphatic heterocycles. The van der Waals surface area contributed by atoms with Gasteiger partial charge in [0.05, 0.1) is 16.9 Å². The van der Waals surface area contributed by atoms with Gasteiger partial charge in [0, 0.05) is 18.1 Å². The summed E-state index contributed by atoms with van der Waals surface area (Å²) in [4.78, 5) is 4.83. The molecule has 4 rings (SSSR count). The van der Waals surface area contributed by atoms with Crippen LogP contribution >= 0.6 is 0 Å². The van der Waals surface area contributed by atoms with Crippen LogP contribution in [0.2, 0.25) is 0 Å². The van der Waals surface area contributed by atoms with Crippen molar-refractivity contribution in [3.63, 3.8) is 0 Å². The number of aromatic nitrogens is 3. The van der Waals surface area contributed by atoms with E-state index in [4.69, 9.17) is 4.98 Å². The lowest BCUT2D eigenvalue weighted by atomic mass is 9.96. The zero-order valence-corrected chi connectivity index (χ0v) is 10.2. The maximum Gasteiger partial charge on any atom is 0.0925 e. The second-order valence-electron chi connectivity index (χ2n) is 4.77. The number of nitrogens with zero attached hydrogens (tertiary/aromatic N) is 3. The van der Waals surface area contributed by atoms with E-state index in [1.165, 1.54) is 16.5 Å². The Bertz CT molecular complexity index is 756. The van der Waals surface area contributed by atoms with Crippen LogP contribution in [0.1, 0.15) is 11.1 Å². The highest BCUT2D eigenvalue weighted by Crippen LogP contribution is 2.32. The maximum absolute atomic E-state index is 4.83. The average Bonchev–Trinajstić information content (AvgIpc) is 2.88. The maximum atomic E-state index is 4.83. The molecule has 0 fully saturated rings. The highest BCUT2D eigenvalue weighted by atomic mass is 15.3. The van der Waals surface area contributed by atoms with Gasteiger partial charge in [-0.15, -0.1) is 0 Å². The van der Waals surface area contributed by atoms with Crippen LogP contribution in [-0.2, 0) is 13.0 Å². The molecule has 0 atom stereocenters. The zero-order valence-electron chi connectivity index (χ0n) is 10.2. The molecule has 0 aliphatic carbocycles. The molecule has 0 saturated heterocycles. The van der Waals surface area contributed by atoms with Gasteiger partial charge in [0.15, 0.2) is 0 Å². The first kappa shape index (κ1) is 9.83. The molecule has 18 heavy (non-hydrogen) atoms. The molecular weight excluding hydrogens is 222 g/mol. The predicted molar refractivity (Wildman–Crippen MR) is 71.4 cm³/mol. The lowest BCUT2D eigenvalue weighted by molar-refractivity contribution is 0.603. The third-order valence-corrected chi connectivity index (χ3v) is 3.81. The number of hydrogen-bond acceptors (Lipinski definition) is 2. The minimum Gasteiger partial charge on any atom is -0.263 e. The molecule has 1 aliphatic rings. The minimum atomic E-state index is 0.955. The van der Waals surface area contributed by atoms with Crippen molar-refractivity contribution in [3.05, 3.63) is 47.7 Å². The Balaban J connectivity index is 2.13. The molecule has 0 bridgehead atoms. The van der Waals surface area contributed by atoms with E-state index in [2.05, 4.69) is 36.3 Å². The Morgan fingerprint density at radius 1 is 1.17 bits per heavy atom. The summed E-state index contributed by atoms with van der Waals surface area (Å²) in [5.41, 5.74) is 6.06. The van der Waals surface area contributed by atoms with Gasteiger partial charge in [0.2, 0.25) is 0 Å². The van der Waals surface area contributed by atoms with E-state index in [0.29, 0.717) is 0 Å². The van der Waals surface area contributed by atoms with Gasteiger partial charge in [-0.3, -0.25) is 4.68 Å². The van der Waals surface area contributed by atoms with Gasteiger partial charge in [-0.1, -0.05) is 18.2 Å². The number of benzene rings is 1. The average molecular weight is 235 g/mol. The van der Waals surface area contributed by atoms with Crippen molar-refractivity contribution in [1.82, 2.24) is 14.8 Å². The molecular formula is C15H13N3. The molecule has 3 aromatic rings.